The van der Waals surface area contributed by atoms with Crippen LogP contribution in [0.1, 0.15) is 54.5 Å². The van der Waals surface area contributed by atoms with Gasteiger partial charge in [-0.05, 0) is 66.6 Å². The van der Waals surface area contributed by atoms with E-state index in [0.717, 1.165) is 22.3 Å². The topological polar surface area (TPSA) is 87.0 Å². The highest BCUT2D eigenvalue weighted by Gasteiger charge is 2.53. The van der Waals surface area contributed by atoms with E-state index in [0.29, 0.717) is 17.0 Å². The number of benzene rings is 1. The summed E-state index contributed by atoms with van der Waals surface area (Å²) in [6.45, 7) is 9.37. The fourth-order valence-corrected chi connectivity index (χ4v) is 4.84. The van der Waals surface area contributed by atoms with Gasteiger partial charge >= 0.3 is 0 Å². The van der Waals surface area contributed by atoms with Crippen LogP contribution >= 0.6 is 0 Å². The predicted octanol–water partition coefficient (Wildman–Crippen LogP) is 4.71. The molecule has 0 spiro atoms. The standard InChI is InChI=1S/C28H30O5/c1-15(2)19-6-11-22-16(3)13-23(25(22)17(4)12-19)28(20-7-9-21(30)10-8-20)27(32)26(31)18(5)24(14-29)33-28/h6-13,15,27,29-30,32H,14H2,1-5H3. The molecular formula is C28H30O5. The number of hydrogen-bond donors (Lipinski definition) is 3. The van der Waals surface area contributed by atoms with Crippen LogP contribution in [0.4, 0.5) is 0 Å². The average Bonchev–Trinajstić information content (AvgIpc) is 3.01. The summed E-state index contributed by atoms with van der Waals surface area (Å²) in [5, 5.41) is 31.3. The van der Waals surface area contributed by atoms with Crippen molar-refractivity contribution in [3.63, 3.8) is 0 Å². The Kier molecular flexibility index (Phi) is 5.81. The van der Waals surface area contributed by atoms with E-state index in [1.807, 2.05) is 19.9 Å². The maximum atomic E-state index is 13.2. The van der Waals surface area contributed by atoms with Crippen LogP contribution in [-0.4, -0.2) is 33.8 Å². The molecule has 0 radical (unpaired) electrons. The van der Waals surface area contributed by atoms with Gasteiger partial charge in [0.05, 0.1) is 0 Å². The number of rotatable bonds is 4. The lowest BCUT2D eigenvalue weighted by molar-refractivity contribution is -0.146. The third-order valence-electron chi connectivity index (χ3n) is 6.76. The fourth-order valence-electron chi connectivity index (χ4n) is 4.84. The Bertz CT molecular complexity index is 1220. The molecule has 1 aliphatic heterocycles. The zero-order valence-electron chi connectivity index (χ0n) is 19.6. The van der Waals surface area contributed by atoms with E-state index in [-0.39, 0.29) is 17.1 Å². The van der Waals surface area contributed by atoms with Crippen molar-refractivity contribution >= 4 is 5.78 Å². The van der Waals surface area contributed by atoms with Gasteiger partial charge in [-0.3, -0.25) is 4.79 Å². The van der Waals surface area contributed by atoms with Crippen LogP contribution in [0.3, 0.4) is 0 Å². The highest BCUT2D eigenvalue weighted by atomic mass is 16.5. The van der Waals surface area contributed by atoms with E-state index < -0.39 is 24.1 Å². The van der Waals surface area contributed by atoms with Crippen molar-refractivity contribution in [3.8, 4) is 16.9 Å². The van der Waals surface area contributed by atoms with Gasteiger partial charge in [0.15, 0.2) is 17.5 Å². The van der Waals surface area contributed by atoms with E-state index in [1.54, 1.807) is 19.1 Å². The van der Waals surface area contributed by atoms with Gasteiger partial charge in [-0.15, -0.1) is 0 Å². The highest BCUT2D eigenvalue weighted by molar-refractivity contribution is 6.01. The first-order valence-corrected chi connectivity index (χ1v) is 11.2. The molecule has 0 amide bonds. The summed E-state index contributed by atoms with van der Waals surface area (Å²) in [7, 11) is 0. The van der Waals surface area contributed by atoms with Crippen LogP contribution in [0.5, 0.6) is 5.75 Å². The van der Waals surface area contributed by atoms with Crippen molar-refractivity contribution < 1.29 is 24.9 Å². The average molecular weight is 447 g/mol. The SMILES string of the molecule is CC1=C(CO)OC(c2ccc(O)cc2)(c2cc(C)c3ccc(C(C)C)cc(C)c2-3)C(O)C1=O. The number of phenols is 1. The summed E-state index contributed by atoms with van der Waals surface area (Å²) in [6, 6.07) is 14.6. The maximum absolute atomic E-state index is 13.2. The van der Waals surface area contributed by atoms with Crippen LogP contribution in [0.25, 0.3) is 11.1 Å². The summed E-state index contributed by atoms with van der Waals surface area (Å²) in [6.07, 6.45) is -1.53. The molecule has 3 aliphatic rings. The Hall–Kier alpha value is -3.15. The molecule has 5 nitrogen and oxygen atoms in total. The minimum atomic E-state index is -1.58. The van der Waals surface area contributed by atoms with Crippen molar-refractivity contribution in [2.24, 2.45) is 0 Å². The number of ketones is 1. The molecule has 1 heterocycles. The lowest BCUT2D eigenvalue weighted by Crippen LogP contribution is -2.51. The van der Waals surface area contributed by atoms with Crippen molar-refractivity contribution in [3.05, 3.63) is 87.7 Å². The molecular weight excluding hydrogens is 416 g/mol. The zero-order valence-corrected chi connectivity index (χ0v) is 19.6. The molecule has 5 heteroatoms. The Morgan fingerprint density at radius 1 is 1.00 bits per heavy atom. The molecule has 0 saturated heterocycles. The van der Waals surface area contributed by atoms with E-state index in [2.05, 4.69) is 32.0 Å². The van der Waals surface area contributed by atoms with Crippen molar-refractivity contribution in [1.82, 2.24) is 0 Å². The minimum absolute atomic E-state index is 0.0623. The molecule has 172 valence electrons. The molecule has 0 bridgehead atoms. The number of hydrogen-bond acceptors (Lipinski definition) is 5. The number of Topliss-reactive ketones (excluding diaryl/α,β-unsaturated/α-hetero) is 1. The third-order valence-corrected chi connectivity index (χ3v) is 6.76. The minimum Gasteiger partial charge on any atom is -0.508 e. The first-order chi connectivity index (χ1) is 15.6. The summed E-state index contributed by atoms with van der Waals surface area (Å²) in [4.78, 5) is 13.2. The molecule has 3 N–H and O–H groups in total. The number of fused-ring (bicyclic) bond motifs is 1. The molecule has 0 aromatic heterocycles. The van der Waals surface area contributed by atoms with Crippen LogP contribution in [-0.2, 0) is 15.1 Å². The molecule has 33 heavy (non-hydrogen) atoms. The molecule has 0 saturated carbocycles. The van der Waals surface area contributed by atoms with Gasteiger partial charge < -0.3 is 20.1 Å². The zero-order chi connectivity index (χ0) is 24.1. The van der Waals surface area contributed by atoms with Crippen LogP contribution in [0.2, 0.25) is 0 Å². The van der Waals surface area contributed by atoms with Crippen molar-refractivity contribution in [1.29, 1.82) is 0 Å². The summed E-state index contributed by atoms with van der Waals surface area (Å²) >= 11 is 0. The van der Waals surface area contributed by atoms with E-state index in [1.165, 1.54) is 17.7 Å². The monoisotopic (exact) mass is 446 g/mol. The second-order valence-electron chi connectivity index (χ2n) is 9.20. The molecule has 0 fully saturated rings. The van der Waals surface area contributed by atoms with Crippen molar-refractivity contribution in [2.45, 2.75) is 52.2 Å². The second-order valence-corrected chi connectivity index (χ2v) is 9.20. The lowest BCUT2D eigenvalue weighted by atomic mass is 9.75. The lowest BCUT2D eigenvalue weighted by Gasteiger charge is -2.43. The summed E-state index contributed by atoms with van der Waals surface area (Å²) in [5.74, 6) is 0.0319. The van der Waals surface area contributed by atoms with E-state index in [4.69, 9.17) is 4.74 Å². The third kappa shape index (κ3) is 3.52. The smallest absolute Gasteiger partial charge is 0.195 e. The number of ether oxygens (including phenoxy) is 1. The number of phenolic OH excluding ortho intramolecular Hbond substituents is 1. The van der Waals surface area contributed by atoms with Gasteiger partial charge in [-0.2, -0.15) is 0 Å². The molecule has 1 aromatic rings. The highest BCUT2D eigenvalue weighted by Crippen LogP contribution is 2.50. The largest absolute Gasteiger partial charge is 0.508 e. The predicted molar refractivity (Wildman–Crippen MR) is 127 cm³/mol. The number of carbonyl (C=O) groups excluding carboxylic acids is 1. The number of aryl methyl sites for hydroxylation is 2. The molecule has 2 unspecified atom stereocenters. The van der Waals surface area contributed by atoms with Gasteiger partial charge in [0.2, 0.25) is 0 Å². The van der Waals surface area contributed by atoms with Gasteiger partial charge in [0.1, 0.15) is 18.1 Å². The Balaban J connectivity index is 2.11. The fraction of sp³-hybridized carbons (Fsp3) is 0.321. The van der Waals surface area contributed by atoms with Crippen LogP contribution in [0.15, 0.2) is 59.9 Å². The normalized spacial score (nSPS) is 21.1. The maximum Gasteiger partial charge on any atom is 0.195 e. The Morgan fingerprint density at radius 3 is 2.27 bits per heavy atom. The Morgan fingerprint density at radius 2 is 1.67 bits per heavy atom. The van der Waals surface area contributed by atoms with Crippen molar-refractivity contribution in [2.75, 3.05) is 6.61 Å². The molecule has 2 aliphatic carbocycles. The summed E-state index contributed by atoms with van der Waals surface area (Å²) < 4.78 is 6.39. The second kappa shape index (κ2) is 8.32. The molecule has 1 aromatic carbocycles. The first kappa shape index (κ1) is 23.0. The Labute approximate surface area is 194 Å². The molecule has 2 atom stereocenters. The molecule has 4 rings (SSSR count). The van der Waals surface area contributed by atoms with Gasteiger partial charge in [0, 0.05) is 16.7 Å². The van der Waals surface area contributed by atoms with E-state index in [9.17, 15) is 20.1 Å². The van der Waals surface area contributed by atoms with Crippen LogP contribution < -0.4 is 0 Å². The first-order valence-electron chi connectivity index (χ1n) is 11.2. The van der Waals surface area contributed by atoms with Gasteiger partial charge in [-0.25, -0.2) is 0 Å². The van der Waals surface area contributed by atoms with Gasteiger partial charge in [0.25, 0.3) is 0 Å². The number of aliphatic hydroxyl groups excluding tert-OH is 2. The summed E-state index contributed by atoms with van der Waals surface area (Å²) in [5.41, 5.74) is 4.88. The quantitative estimate of drug-likeness (QED) is 0.540. The van der Waals surface area contributed by atoms with Crippen LogP contribution in [0, 0.1) is 13.8 Å². The van der Waals surface area contributed by atoms with Gasteiger partial charge in [-0.1, -0.05) is 50.2 Å². The number of carbonyl (C=O) groups is 1. The van der Waals surface area contributed by atoms with E-state index >= 15 is 0 Å². The number of aliphatic hydroxyl groups is 2. The number of aromatic hydroxyl groups is 1.